The fourth-order valence-corrected chi connectivity index (χ4v) is 2.88. The Morgan fingerprint density at radius 1 is 1.26 bits per heavy atom. The number of rotatable bonds is 5. The summed E-state index contributed by atoms with van der Waals surface area (Å²) >= 11 is 0. The van der Waals surface area contributed by atoms with Crippen molar-refractivity contribution in [3.8, 4) is 16.9 Å². The molecule has 0 unspecified atom stereocenters. The Hall–Kier alpha value is -2.55. The number of ether oxygens (including phenoxy) is 1. The van der Waals surface area contributed by atoms with E-state index < -0.39 is 0 Å². The molecule has 2 aromatic carbocycles. The molecule has 0 aromatic heterocycles. The quantitative estimate of drug-likeness (QED) is 0.709. The highest BCUT2D eigenvalue weighted by atomic mass is 16.5. The fraction of sp³-hybridized carbons (Fsp3) is 0.250. The van der Waals surface area contributed by atoms with Gasteiger partial charge in [0.05, 0.1) is 12.3 Å². The predicted octanol–water partition coefficient (Wildman–Crippen LogP) is 4.42. The lowest BCUT2D eigenvalue weighted by molar-refractivity contribution is -0.111. The lowest BCUT2D eigenvalue weighted by Gasteiger charge is -2.17. The van der Waals surface area contributed by atoms with Crippen LogP contribution in [0.4, 0.5) is 5.69 Å². The second-order valence-corrected chi connectivity index (χ2v) is 6.20. The first-order chi connectivity index (χ1) is 11.1. The highest BCUT2D eigenvalue weighted by Gasteiger charge is 2.24. The summed E-state index contributed by atoms with van der Waals surface area (Å²) in [6.45, 7) is 8.36. The lowest BCUT2D eigenvalue weighted by atomic mass is 10.0. The molecule has 0 aliphatic heterocycles. The number of hydrogen-bond donors (Lipinski definition) is 1. The van der Waals surface area contributed by atoms with Crippen LogP contribution in [0.2, 0.25) is 0 Å². The van der Waals surface area contributed by atoms with Gasteiger partial charge in [-0.25, -0.2) is 0 Å². The normalized spacial score (nSPS) is 11.8. The van der Waals surface area contributed by atoms with Crippen molar-refractivity contribution in [1.82, 2.24) is 0 Å². The van der Waals surface area contributed by atoms with E-state index in [2.05, 4.69) is 43.9 Å². The molecule has 1 amide bonds. The molecule has 0 saturated carbocycles. The summed E-state index contributed by atoms with van der Waals surface area (Å²) < 4.78 is 5.92. The highest BCUT2D eigenvalue weighted by molar-refractivity contribution is 6.02. The minimum absolute atomic E-state index is 0.219. The van der Waals surface area contributed by atoms with Crippen molar-refractivity contribution in [3.05, 3.63) is 60.2 Å². The van der Waals surface area contributed by atoms with Crippen LogP contribution in [0.15, 0.2) is 49.1 Å². The number of hydrogen-bond acceptors (Lipinski definition) is 2. The fourth-order valence-electron chi connectivity index (χ4n) is 2.88. The van der Waals surface area contributed by atoms with Crippen molar-refractivity contribution in [1.29, 1.82) is 0 Å². The number of fused-ring (bicyclic) bond motifs is 3. The Morgan fingerprint density at radius 3 is 2.78 bits per heavy atom. The van der Waals surface area contributed by atoms with Gasteiger partial charge in [0.1, 0.15) is 5.75 Å². The molecule has 0 spiro atoms. The Morgan fingerprint density at radius 2 is 2.04 bits per heavy atom. The van der Waals surface area contributed by atoms with Crippen LogP contribution in [0, 0.1) is 5.92 Å². The van der Waals surface area contributed by atoms with Crippen molar-refractivity contribution in [2.75, 3.05) is 11.9 Å². The second kappa shape index (κ2) is 6.29. The molecule has 3 heteroatoms. The summed E-state index contributed by atoms with van der Waals surface area (Å²) in [6, 6.07) is 12.4. The van der Waals surface area contributed by atoms with E-state index in [1.807, 2.05) is 18.2 Å². The topological polar surface area (TPSA) is 38.3 Å². The zero-order valence-electron chi connectivity index (χ0n) is 13.6. The number of carbonyl (C=O) groups is 1. The molecule has 0 atom stereocenters. The van der Waals surface area contributed by atoms with Crippen LogP contribution >= 0.6 is 0 Å². The molecule has 0 saturated heterocycles. The monoisotopic (exact) mass is 307 g/mol. The van der Waals surface area contributed by atoms with Crippen LogP contribution in [0.1, 0.15) is 25.0 Å². The molecule has 1 aliphatic carbocycles. The molecule has 1 aliphatic rings. The third-order valence-electron chi connectivity index (χ3n) is 3.96. The molecule has 2 aromatic rings. The molecule has 118 valence electrons. The smallest absolute Gasteiger partial charge is 0.247 e. The van der Waals surface area contributed by atoms with Gasteiger partial charge in [-0.05, 0) is 40.3 Å². The molecule has 3 nitrogen and oxygen atoms in total. The molecule has 0 heterocycles. The Bertz CT molecular complexity index is 762. The van der Waals surface area contributed by atoms with Gasteiger partial charge in [0.15, 0.2) is 0 Å². The first-order valence-corrected chi connectivity index (χ1v) is 7.90. The van der Waals surface area contributed by atoms with Gasteiger partial charge in [0, 0.05) is 6.42 Å². The van der Waals surface area contributed by atoms with Crippen LogP contribution < -0.4 is 10.1 Å². The van der Waals surface area contributed by atoms with Gasteiger partial charge in [-0.1, -0.05) is 50.8 Å². The van der Waals surface area contributed by atoms with Gasteiger partial charge < -0.3 is 10.1 Å². The van der Waals surface area contributed by atoms with E-state index in [-0.39, 0.29) is 5.91 Å². The van der Waals surface area contributed by atoms with E-state index >= 15 is 0 Å². The standard InChI is InChI=1S/C20H21NO2/c1-4-19(22)21-20-17-11-14-7-5-6-8-15(14)16(17)9-10-18(20)23-12-13(2)3/h4-10,13H,1,11-12H2,2-3H3,(H,21,22). The SMILES string of the molecule is C=CC(=O)Nc1c(OCC(C)C)ccc2c1Cc1ccccc1-2. The van der Waals surface area contributed by atoms with Crippen LogP contribution in [0.3, 0.4) is 0 Å². The average Bonchev–Trinajstić information content (AvgIpc) is 2.92. The summed E-state index contributed by atoms with van der Waals surface area (Å²) in [5.74, 6) is 0.924. The van der Waals surface area contributed by atoms with E-state index in [0.717, 1.165) is 29.0 Å². The van der Waals surface area contributed by atoms with Gasteiger partial charge >= 0.3 is 0 Å². The Balaban J connectivity index is 2.05. The Labute approximate surface area is 137 Å². The third-order valence-corrected chi connectivity index (χ3v) is 3.96. The third kappa shape index (κ3) is 3.00. The predicted molar refractivity (Wildman–Crippen MR) is 93.8 cm³/mol. The van der Waals surface area contributed by atoms with Crippen molar-refractivity contribution >= 4 is 11.6 Å². The number of nitrogens with one attached hydrogen (secondary N) is 1. The second-order valence-electron chi connectivity index (χ2n) is 6.20. The molecular weight excluding hydrogens is 286 g/mol. The van der Waals surface area contributed by atoms with Crippen LogP contribution in [-0.2, 0) is 11.2 Å². The number of benzene rings is 2. The molecule has 0 fully saturated rings. The van der Waals surface area contributed by atoms with Crippen molar-refractivity contribution in [2.24, 2.45) is 5.92 Å². The summed E-state index contributed by atoms with van der Waals surface area (Å²) in [7, 11) is 0. The first kappa shape index (κ1) is 15.3. The summed E-state index contributed by atoms with van der Waals surface area (Å²) in [4.78, 5) is 11.9. The van der Waals surface area contributed by atoms with Gasteiger partial charge in [-0.3, -0.25) is 4.79 Å². The van der Waals surface area contributed by atoms with Gasteiger partial charge in [-0.15, -0.1) is 0 Å². The maximum Gasteiger partial charge on any atom is 0.247 e. The summed E-state index contributed by atoms with van der Waals surface area (Å²) in [5, 5.41) is 2.94. The van der Waals surface area contributed by atoms with E-state index in [0.29, 0.717) is 12.5 Å². The molecular formula is C20H21NO2. The number of amides is 1. The zero-order chi connectivity index (χ0) is 16.4. The molecule has 1 N–H and O–H groups in total. The molecule has 3 rings (SSSR count). The van der Waals surface area contributed by atoms with Crippen LogP contribution in [0.25, 0.3) is 11.1 Å². The summed E-state index contributed by atoms with van der Waals surface area (Å²) in [5.41, 5.74) is 5.55. The van der Waals surface area contributed by atoms with Crippen molar-refractivity contribution in [3.63, 3.8) is 0 Å². The lowest BCUT2D eigenvalue weighted by Crippen LogP contribution is -2.13. The Kier molecular flexibility index (Phi) is 4.20. The maximum atomic E-state index is 11.9. The van der Waals surface area contributed by atoms with E-state index in [1.165, 1.54) is 17.2 Å². The van der Waals surface area contributed by atoms with E-state index in [9.17, 15) is 4.79 Å². The van der Waals surface area contributed by atoms with Crippen molar-refractivity contribution in [2.45, 2.75) is 20.3 Å². The number of carbonyl (C=O) groups excluding carboxylic acids is 1. The van der Waals surface area contributed by atoms with Crippen LogP contribution in [0.5, 0.6) is 5.75 Å². The highest BCUT2D eigenvalue weighted by Crippen LogP contribution is 2.44. The minimum atomic E-state index is -0.219. The first-order valence-electron chi connectivity index (χ1n) is 7.90. The molecule has 0 radical (unpaired) electrons. The van der Waals surface area contributed by atoms with Crippen LogP contribution in [-0.4, -0.2) is 12.5 Å². The summed E-state index contributed by atoms with van der Waals surface area (Å²) in [6.07, 6.45) is 2.09. The van der Waals surface area contributed by atoms with E-state index in [1.54, 1.807) is 0 Å². The minimum Gasteiger partial charge on any atom is -0.491 e. The molecule has 0 bridgehead atoms. The van der Waals surface area contributed by atoms with Gasteiger partial charge in [0.2, 0.25) is 5.91 Å². The molecule has 23 heavy (non-hydrogen) atoms. The number of anilines is 1. The van der Waals surface area contributed by atoms with Gasteiger partial charge in [0.25, 0.3) is 0 Å². The maximum absolute atomic E-state index is 11.9. The van der Waals surface area contributed by atoms with Gasteiger partial charge in [-0.2, -0.15) is 0 Å². The van der Waals surface area contributed by atoms with Crippen molar-refractivity contribution < 1.29 is 9.53 Å². The average molecular weight is 307 g/mol. The zero-order valence-corrected chi connectivity index (χ0v) is 13.6. The van der Waals surface area contributed by atoms with E-state index in [4.69, 9.17) is 4.74 Å². The largest absolute Gasteiger partial charge is 0.491 e.